The van der Waals surface area contributed by atoms with Crippen molar-refractivity contribution in [2.24, 2.45) is 5.41 Å². The molecule has 0 saturated heterocycles. The topological polar surface area (TPSA) is 66.0 Å². The molecule has 1 heterocycles. The fourth-order valence-corrected chi connectivity index (χ4v) is 2.97. The average Bonchev–Trinajstić information content (AvgIpc) is 3.00. The maximum atomic E-state index is 12.3. The van der Waals surface area contributed by atoms with E-state index < -0.39 is 0 Å². The number of halogens is 1. The predicted molar refractivity (Wildman–Crippen MR) is 80.8 cm³/mol. The van der Waals surface area contributed by atoms with E-state index in [0.717, 1.165) is 10.9 Å². The average molecular weight is 335 g/mol. The Balaban J connectivity index is 2.11. The molecule has 1 atom stereocenters. The summed E-state index contributed by atoms with van der Waals surface area (Å²) in [4.78, 5) is 19.3. The summed E-state index contributed by atoms with van der Waals surface area (Å²) in [5.74, 6) is 0.584. The van der Waals surface area contributed by atoms with Crippen molar-refractivity contribution in [1.82, 2.24) is 9.97 Å². The first-order valence-electron chi connectivity index (χ1n) is 6.48. The fourth-order valence-electron chi connectivity index (χ4n) is 2.48. The number of aromatic amines is 1. The summed E-state index contributed by atoms with van der Waals surface area (Å²) in [5.41, 5.74) is 0.694. The first-order chi connectivity index (χ1) is 9.40. The molecule has 1 fully saturated rings. The summed E-state index contributed by atoms with van der Waals surface area (Å²) < 4.78 is 0.752. The summed E-state index contributed by atoms with van der Waals surface area (Å²) in [7, 11) is 0. The van der Waals surface area contributed by atoms with Gasteiger partial charge in [-0.1, -0.05) is 48.0 Å². The molecule has 1 aromatic heterocycles. The highest BCUT2D eigenvalue weighted by Gasteiger charge is 2.48. The van der Waals surface area contributed by atoms with Gasteiger partial charge in [-0.05, 0) is 17.9 Å². The lowest BCUT2D eigenvalue weighted by molar-refractivity contribution is 0.448. The van der Waals surface area contributed by atoms with Crippen molar-refractivity contribution in [2.75, 3.05) is 0 Å². The lowest BCUT2D eigenvalue weighted by Crippen LogP contribution is -2.14. The Morgan fingerprint density at radius 1 is 1.40 bits per heavy atom. The van der Waals surface area contributed by atoms with E-state index in [1.165, 1.54) is 0 Å². The van der Waals surface area contributed by atoms with Crippen LogP contribution in [-0.4, -0.2) is 15.1 Å². The van der Waals surface area contributed by atoms with Crippen LogP contribution < -0.4 is 5.56 Å². The highest BCUT2D eigenvalue weighted by molar-refractivity contribution is 9.10. The van der Waals surface area contributed by atoms with Gasteiger partial charge in [0.1, 0.15) is 11.4 Å². The van der Waals surface area contributed by atoms with Gasteiger partial charge in [-0.15, -0.1) is 0 Å². The molecular formula is C15H15BrN2O2. The minimum absolute atomic E-state index is 0.150. The van der Waals surface area contributed by atoms with Gasteiger partial charge in [0.2, 0.25) is 5.88 Å². The van der Waals surface area contributed by atoms with Crippen molar-refractivity contribution in [1.29, 1.82) is 0 Å². The molecule has 1 aliphatic carbocycles. The number of aromatic hydroxyl groups is 1. The third-order valence-electron chi connectivity index (χ3n) is 3.91. The number of hydrogen-bond acceptors (Lipinski definition) is 3. The van der Waals surface area contributed by atoms with Crippen LogP contribution in [0.1, 0.15) is 32.0 Å². The summed E-state index contributed by atoms with van der Waals surface area (Å²) >= 11 is 3.39. The smallest absolute Gasteiger partial charge is 0.262 e. The highest BCUT2D eigenvalue weighted by Crippen LogP contribution is 2.57. The van der Waals surface area contributed by atoms with Crippen molar-refractivity contribution < 1.29 is 5.11 Å². The Morgan fingerprint density at radius 2 is 2.05 bits per heavy atom. The van der Waals surface area contributed by atoms with Gasteiger partial charge in [0.25, 0.3) is 5.56 Å². The second kappa shape index (κ2) is 4.45. The van der Waals surface area contributed by atoms with Crippen molar-refractivity contribution in [2.45, 2.75) is 26.2 Å². The van der Waals surface area contributed by atoms with Gasteiger partial charge in [0.15, 0.2) is 0 Å². The molecule has 1 unspecified atom stereocenters. The molecule has 0 spiro atoms. The molecule has 0 bridgehead atoms. The zero-order valence-electron chi connectivity index (χ0n) is 11.3. The molecule has 1 saturated carbocycles. The molecule has 4 nitrogen and oxygen atoms in total. The fraction of sp³-hybridized carbons (Fsp3) is 0.333. The Morgan fingerprint density at radius 3 is 2.60 bits per heavy atom. The normalized spacial score (nSPS) is 19.9. The number of hydrogen-bond donors (Lipinski definition) is 2. The van der Waals surface area contributed by atoms with Crippen LogP contribution in [0.4, 0.5) is 0 Å². The van der Waals surface area contributed by atoms with Crippen molar-refractivity contribution in [3.63, 3.8) is 0 Å². The van der Waals surface area contributed by atoms with Gasteiger partial charge < -0.3 is 10.1 Å². The molecule has 2 N–H and O–H groups in total. The lowest BCUT2D eigenvalue weighted by atomic mass is 10.1. The van der Waals surface area contributed by atoms with Crippen LogP contribution in [0.2, 0.25) is 0 Å². The van der Waals surface area contributed by atoms with E-state index in [1.807, 2.05) is 18.2 Å². The van der Waals surface area contributed by atoms with Gasteiger partial charge in [0.05, 0.1) is 0 Å². The van der Waals surface area contributed by atoms with Crippen molar-refractivity contribution in [3.8, 4) is 17.0 Å². The molecule has 104 valence electrons. The van der Waals surface area contributed by atoms with E-state index in [9.17, 15) is 9.90 Å². The van der Waals surface area contributed by atoms with Crippen LogP contribution in [0.5, 0.6) is 5.88 Å². The SMILES string of the molecule is CC1(C)CC1c1nc(O)c(-c2ccccc2Br)c(=O)[nH]1. The molecule has 0 amide bonds. The van der Waals surface area contributed by atoms with Crippen LogP contribution >= 0.6 is 15.9 Å². The molecule has 3 rings (SSSR count). The molecule has 1 aromatic carbocycles. The van der Waals surface area contributed by atoms with E-state index in [-0.39, 0.29) is 28.3 Å². The number of benzene rings is 1. The van der Waals surface area contributed by atoms with Crippen LogP contribution in [0, 0.1) is 5.41 Å². The third kappa shape index (κ3) is 2.16. The van der Waals surface area contributed by atoms with Crippen LogP contribution in [0.25, 0.3) is 11.1 Å². The summed E-state index contributed by atoms with van der Waals surface area (Å²) in [6.45, 7) is 4.24. The van der Waals surface area contributed by atoms with E-state index in [2.05, 4.69) is 39.7 Å². The van der Waals surface area contributed by atoms with E-state index in [4.69, 9.17) is 0 Å². The number of nitrogens with zero attached hydrogens (tertiary/aromatic N) is 1. The predicted octanol–water partition coefficient (Wildman–Crippen LogP) is 3.42. The van der Waals surface area contributed by atoms with Gasteiger partial charge in [-0.25, -0.2) is 0 Å². The van der Waals surface area contributed by atoms with Gasteiger partial charge in [0, 0.05) is 16.0 Å². The van der Waals surface area contributed by atoms with E-state index in [0.29, 0.717) is 11.4 Å². The maximum absolute atomic E-state index is 12.3. The van der Waals surface area contributed by atoms with E-state index in [1.54, 1.807) is 6.07 Å². The van der Waals surface area contributed by atoms with Crippen LogP contribution in [-0.2, 0) is 0 Å². The Labute approximate surface area is 125 Å². The second-order valence-corrected chi connectivity index (χ2v) is 6.73. The number of rotatable bonds is 2. The van der Waals surface area contributed by atoms with Crippen LogP contribution in [0.15, 0.2) is 33.5 Å². The minimum Gasteiger partial charge on any atom is -0.493 e. The molecule has 2 aromatic rings. The molecule has 0 radical (unpaired) electrons. The maximum Gasteiger partial charge on any atom is 0.262 e. The number of nitrogens with one attached hydrogen (secondary N) is 1. The Bertz CT molecular complexity index is 737. The molecule has 5 heteroatoms. The standard InChI is InChI=1S/C15H15BrN2O2/c1-15(2)7-9(15)12-17-13(19)11(14(20)18-12)8-5-3-4-6-10(8)16/h3-6,9H,7H2,1-2H3,(H2,17,18,19,20). The zero-order valence-corrected chi connectivity index (χ0v) is 12.9. The Hall–Kier alpha value is -1.62. The minimum atomic E-state index is -0.304. The van der Waals surface area contributed by atoms with Crippen LogP contribution in [0.3, 0.4) is 0 Å². The molecular weight excluding hydrogens is 320 g/mol. The monoisotopic (exact) mass is 334 g/mol. The van der Waals surface area contributed by atoms with Gasteiger partial charge >= 0.3 is 0 Å². The summed E-state index contributed by atoms with van der Waals surface area (Å²) in [6.07, 6.45) is 0.976. The first kappa shape index (κ1) is 13.4. The number of H-pyrrole nitrogens is 1. The third-order valence-corrected chi connectivity index (χ3v) is 4.60. The highest BCUT2D eigenvalue weighted by atomic mass is 79.9. The summed E-state index contributed by atoms with van der Waals surface area (Å²) in [5, 5.41) is 10.1. The largest absolute Gasteiger partial charge is 0.493 e. The molecule has 0 aliphatic heterocycles. The summed E-state index contributed by atoms with van der Waals surface area (Å²) in [6, 6.07) is 7.27. The molecule has 1 aliphatic rings. The van der Waals surface area contributed by atoms with Crippen molar-refractivity contribution in [3.05, 3.63) is 44.9 Å². The second-order valence-electron chi connectivity index (χ2n) is 5.87. The van der Waals surface area contributed by atoms with Gasteiger partial charge in [-0.3, -0.25) is 4.79 Å². The van der Waals surface area contributed by atoms with E-state index >= 15 is 0 Å². The van der Waals surface area contributed by atoms with Crippen molar-refractivity contribution >= 4 is 15.9 Å². The number of aromatic nitrogens is 2. The lowest BCUT2D eigenvalue weighted by Gasteiger charge is -2.08. The quantitative estimate of drug-likeness (QED) is 0.884. The Kier molecular flexibility index (Phi) is 2.97. The van der Waals surface area contributed by atoms with Gasteiger partial charge in [-0.2, -0.15) is 4.98 Å². The molecule has 20 heavy (non-hydrogen) atoms. The first-order valence-corrected chi connectivity index (χ1v) is 7.27. The zero-order chi connectivity index (χ0) is 14.5.